The van der Waals surface area contributed by atoms with Crippen LogP contribution in [0.25, 0.3) is 0 Å². The summed E-state index contributed by atoms with van der Waals surface area (Å²) in [5.74, 6) is 0.619. The van der Waals surface area contributed by atoms with Crippen LogP contribution < -0.4 is 10.1 Å². The fourth-order valence-electron chi connectivity index (χ4n) is 2.09. The first-order valence-electron chi connectivity index (χ1n) is 7.27. The maximum Gasteiger partial charge on any atom is 0.272 e. The molecule has 2 aromatic rings. The van der Waals surface area contributed by atoms with Gasteiger partial charge >= 0.3 is 0 Å². The minimum Gasteiger partial charge on any atom is -0.494 e. The number of carbonyl (C=O) groups is 1. The Morgan fingerprint density at radius 3 is 2.90 bits per heavy atom. The van der Waals surface area contributed by atoms with Crippen molar-refractivity contribution in [2.24, 2.45) is 0 Å². The molecule has 1 heterocycles. The molecule has 0 aliphatic carbocycles. The molecule has 5 nitrogen and oxygen atoms in total. The highest BCUT2D eigenvalue weighted by molar-refractivity contribution is 5.92. The third-order valence-corrected chi connectivity index (χ3v) is 3.09. The highest BCUT2D eigenvalue weighted by atomic mass is 16.5. The van der Waals surface area contributed by atoms with Gasteiger partial charge in [0.05, 0.1) is 6.61 Å². The standard InChI is InChI=1S/C16H21N3O2/c1-3-7-13-10-14(19-18-13)16(20)17-11-12-8-5-6-9-15(12)21-4-2/h5-6,8-10H,3-4,7,11H2,1-2H3,(H,17,20)(H,18,19). The second kappa shape index (κ2) is 7.47. The zero-order valence-electron chi connectivity index (χ0n) is 12.5. The third kappa shape index (κ3) is 4.08. The summed E-state index contributed by atoms with van der Waals surface area (Å²) < 4.78 is 5.54. The predicted octanol–water partition coefficient (Wildman–Crippen LogP) is 2.69. The van der Waals surface area contributed by atoms with Crippen LogP contribution in [-0.4, -0.2) is 22.7 Å². The van der Waals surface area contributed by atoms with Crippen molar-refractivity contribution in [1.82, 2.24) is 15.5 Å². The SMILES string of the molecule is CCCc1cc(C(=O)NCc2ccccc2OCC)n[nH]1. The molecule has 0 saturated heterocycles. The van der Waals surface area contributed by atoms with Crippen LogP contribution >= 0.6 is 0 Å². The molecule has 2 N–H and O–H groups in total. The van der Waals surface area contributed by atoms with Crippen molar-refractivity contribution >= 4 is 5.91 Å². The quantitative estimate of drug-likeness (QED) is 0.822. The lowest BCUT2D eigenvalue weighted by molar-refractivity contribution is 0.0945. The first-order chi connectivity index (χ1) is 10.2. The Morgan fingerprint density at radius 2 is 2.14 bits per heavy atom. The Morgan fingerprint density at radius 1 is 1.33 bits per heavy atom. The summed E-state index contributed by atoms with van der Waals surface area (Å²) in [4.78, 5) is 12.1. The number of para-hydroxylation sites is 1. The Labute approximate surface area is 124 Å². The molecule has 0 bridgehead atoms. The number of hydrogen-bond acceptors (Lipinski definition) is 3. The van der Waals surface area contributed by atoms with Crippen LogP contribution in [0.1, 0.15) is 42.0 Å². The van der Waals surface area contributed by atoms with E-state index in [1.807, 2.05) is 31.2 Å². The van der Waals surface area contributed by atoms with Crippen molar-refractivity contribution in [2.75, 3.05) is 6.61 Å². The number of aryl methyl sites for hydroxylation is 1. The maximum atomic E-state index is 12.1. The first kappa shape index (κ1) is 15.1. The molecule has 5 heteroatoms. The van der Waals surface area contributed by atoms with E-state index in [2.05, 4.69) is 22.4 Å². The van der Waals surface area contributed by atoms with E-state index in [0.29, 0.717) is 18.8 Å². The molecule has 0 aliphatic rings. The second-order valence-corrected chi connectivity index (χ2v) is 4.75. The van der Waals surface area contributed by atoms with E-state index in [-0.39, 0.29) is 5.91 Å². The van der Waals surface area contributed by atoms with Gasteiger partial charge in [0.1, 0.15) is 11.4 Å². The molecule has 0 spiro atoms. The van der Waals surface area contributed by atoms with Crippen LogP contribution in [0.4, 0.5) is 0 Å². The van der Waals surface area contributed by atoms with Gasteiger partial charge in [-0.3, -0.25) is 9.89 Å². The summed E-state index contributed by atoms with van der Waals surface area (Å²) in [5.41, 5.74) is 2.36. The molecule has 1 amide bonds. The number of hydrogen-bond donors (Lipinski definition) is 2. The molecule has 21 heavy (non-hydrogen) atoms. The van der Waals surface area contributed by atoms with Gasteiger partial charge in [-0.25, -0.2) is 0 Å². The van der Waals surface area contributed by atoms with E-state index in [0.717, 1.165) is 29.8 Å². The summed E-state index contributed by atoms with van der Waals surface area (Å²) in [6.07, 6.45) is 1.92. The van der Waals surface area contributed by atoms with E-state index in [1.54, 1.807) is 6.07 Å². The van der Waals surface area contributed by atoms with Gasteiger partial charge < -0.3 is 10.1 Å². The average molecular weight is 287 g/mol. The molecule has 0 radical (unpaired) electrons. The van der Waals surface area contributed by atoms with Crippen molar-refractivity contribution in [2.45, 2.75) is 33.2 Å². The third-order valence-electron chi connectivity index (χ3n) is 3.09. The fourth-order valence-corrected chi connectivity index (χ4v) is 2.09. The molecule has 0 unspecified atom stereocenters. The summed E-state index contributed by atoms with van der Waals surface area (Å²) in [5, 5.41) is 9.79. The largest absolute Gasteiger partial charge is 0.494 e. The van der Waals surface area contributed by atoms with Gasteiger partial charge in [0.2, 0.25) is 0 Å². The van der Waals surface area contributed by atoms with Crippen LogP contribution in [0.15, 0.2) is 30.3 Å². The van der Waals surface area contributed by atoms with Gasteiger partial charge in [0.25, 0.3) is 5.91 Å². The zero-order chi connectivity index (χ0) is 15.1. The predicted molar refractivity (Wildman–Crippen MR) is 81.4 cm³/mol. The molecular formula is C16H21N3O2. The highest BCUT2D eigenvalue weighted by Gasteiger charge is 2.11. The van der Waals surface area contributed by atoms with Crippen LogP contribution in [0, 0.1) is 0 Å². The van der Waals surface area contributed by atoms with Gasteiger partial charge in [-0.2, -0.15) is 5.10 Å². The maximum absolute atomic E-state index is 12.1. The van der Waals surface area contributed by atoms with Gasteiger partial charge in [0.15, 0.2) is 0 Å². The second-order valence-electron chi connectivity index (χ2n) is 4.75. The number of benzene rings is 1. The van der Waals surface area contributed by atoms with E-state index in [9.17, 15) is 4.79 Å². The molecule has 1 aromatic carbocycles. The van der Waals surface area contributed by atoms with Crippen molar-refractivity contribution in [3.63, 3.8) is 0 Å². The Balaban J connectivity index is 1.97. The normalized spacial score (nSPS) is 10.4. The lowest BCUT2D eigenvalue weighted by Crippen LogP contribution is -2.23. The summed E-state index contributed by atoms with van der Waals surface area (Å²) >= 11 is 0. The van der Waals surface area contributed by atoms with Crippen molar-refractivity contribution in [3.05, 3.63) is 47.3 Å². The van der Waals surface area contributed by atoms with E-state index in [1.165, 1.54) is 0 Å². The van der Waals surface area contributed by atoms with Crippen molar-refractivity contribution in [1.29, 1.82) is 0 Å². The highest BCUT2D eigenvalue weighted by Crippen LogP contribution is 2.17. The number of amides is 1. The van der Waals surface area contributed by atoms with E-state index < -0.39 is 0 Å². The summed E-state index contributed by atoms with van der Waals surface area (Å²) in [6.45, 7) is 5.05. The van der Waals surface area contributed by atoms with Gasteiger partial charge in [0, 0.05) is 17.8 Å². The Kier molecular flexibility index (Phi) is 5.37. The first-order valence-corrected chi connectivity index (χ1v) is 7.27. The Bertz CT molecular complexity index is 593. The van der Waals surface area contributed by atoms with Crippen LogP contribution in [0.2, 0.25) is 0 Å². The number of nitrogens with zero attached hydrogens (tertiary/aromatic N) is 1. The molecule has 0 atom stereocenters. The van der Waals surface area contributed by atoms with Gasteiger partial charge in [-0.1, -0.05) is 31.5 Å². The molecule has 0 saturated carbocycles. The molecule has 1 aromatic heterocycles. The lowest BCUT2D eigenvalue weighted by Gasteiger charge is -2.10. The monoisotopic (exact) mass is 287 g/mol. The number of H-pyrrole nitrogens is 1. The van der Waals surface area contributed by atoms with Gasteiger partial charge in [-0.15, -0.1) is 0 Å². The van der Waals surface area contributed by atoms with Crippen LogP contribution in [-0.2, 0) is 13.0 Å². The summed E-state index contributed by atoms with van der Waals surface area (Å²) in [7, 11) is 0. The molecular weight excluding hydrogens is 266 g/mol. The average Bonchev–Trinajstić information content (AvgIpc) is 2.95. The number of rotatable bonds is 7. The fraction of sp³-hybridized carbons (Fsp3) is 0.375. The van der Waals surface area contributed by atoms with Crippen molar-refractivity contribution < 1.29 is 9.53 Å². The minimum absolute atomic E-state index is 0.181. The van der Waals surface area contributed by atoms with Gasteiger partial charge in [-0.05, 0) is 25.5 Å². The molecule has 0 aliphatic heterocycles. The number of carbonyl (C=O) groups excluding carboxylic acids is 1. The topological polar surface area (TPSA) is 67.0 Å². The number of aromatic amines is 1. The lowest BCUT2D eigenvalue weighted by atomic mass is 10.2. The van der Waals surface area contributed by atoms with Crippen LogP contribution in [0.3, 0.4) is 0 Å². The number of nitrogens with one attached hydrogen (secondary N) is 2. The zero-order valence-corrected chi connectivity index (χ0v) is 12.5. The van der Waals surface area contributed by atoms with E-state index >= 15 is 0 Å². The Hall–Kier alpha value is -2.30. The minimum atomic E-state index is -0.181. The number of ether oxygens (including phenoxy) is 1. The molecule has 112 valence electrons. The number of aromatic nitrogens is 2. The van der Waals surface area contributed by atoms with Crippen molar-refractivity contribution in [3.8, 4) is 5.75 Å². The van der Waals surface area contributed by atoms with Crippen LogP contribution in [0.5, 0.6) is 5.75 Å². The molecule has 2 rings (SSSR count). The van der Waals surface area contributed by atoms with E-state index in [4.69, 9.17) is 4.74 Å². The molecule has 0 fully saturated rings. The summed E-state index contributed by atoms with van der Waals surface area (Å²) in [6, 6.07) is 9.49. The smallest absolute Gasteiger partial charge is 0.272 e.